The number of pyridine rings is 1. The molecule has 0 saturated carbocycles. The summed E-state index contributed by atoms with van der Waals surface area (Å²) >= 11 is 0. The number of amides is 1. The summed E-state index contributed by atoms with van der Waals surface area (Å²) in [7, 11) is 0. The number of rotatable bonds is 4. The molecular weight excluding hydrogens is 202 g/mol. The van der Waals surface area contributed by atoms with Gasteiger partial charge in [0.2, 0.25) is 5.91 Å². The number of aromatic nitrogens is 1. The van der Waals surface area contributed by atoms with Crippen molar-refractivity contribution >= 4 is 5.91 Å². The summed E-state index contributed by atoms with van der Waals surface area (Å²) in [4.78, 5) is 15.7. The topological polar surface area (TPSA) is 68.0 Å². The van der Waals surface area contributed by atoms with Crippen LogP contribution in [0.4, 0.5) is 0 Å². The highest BCUT2D eigenvalue weighted by atomic mass is 16.1. The molecule has 3 atom stereocenters. The predicted molar refractivity (Wildman–Crippen MR) is 63.6 cm³/mol. The molecule has 16 heavy (non-hydrogen) atoms. The first-order valence-electron chi connectivity index (χ1n) is 5.48. The summed E-state index contributed by atoms with van der Waals surface area (Å²) in [5.41, 5.74) is 6.72. The van der Waals surface area contributed by atoms with E-state index >= 15 is 0 Å². The van der Waals surface area contributed by atoms with E-state index in [-0.39, 0.29) is 23.9 Å². The molecule has 0 fully saturated rings. The minimum atomic E-state index is -0.177. The number of nitrogens with two attached hydrogens (primary N) is 1. The van der Waals surface area contributed by atoms with Gasteiger partial charge in [-0.2, -0.15) is 0 Å². The second kappa shape index (κ2) is 5.61. The molecule has 0 saturated heterocycles. The molecule has 3 N–H and O–H groups in total. The molecule has 0 aliphatic rings. The number of carbonyl (C=O) groups is 1. The second-order valence-electron chi connectivity index (χ2n) is 4.16. The van der Waals surface area contributed by atoms with Crippen molar-refractivity contribution < 1.29 is 4.79 Å². The molecule has 0 bridgehead atoms. The van der Waals surface area contributed by atoms with Crippen molar-refractivity contribution in [3.8, 4) is 0 Å². The van der Waals surface area contributed by atoms with Gasteiger partial charge in [-0.1, -0.05) is 6.92 Å². The van der Waals surface area contributed by atoms with Gasteiger partial charge in [-0.05, 0) is 31.5 Å². The Hall–Kier alpha value is -1.42. The molecule has 88 valence electrons. The van der Waals surface area contributed by atoms with Gasteiger partial charge in [0.15, 0.2) is 0 Å². The lowest BCUT2D eigenvalue weighted by Gasteiger charge is -2.19. The highest BCUT2D eigenvalue weighted by Crippen LogP contribution is 2.11. The van der Waals surface area contributed by atoms with Crippen LogP contribution in [0.1, 0.15) is 32.4 Å². The molecule has 0 aliphatic carbocycles. The van der Waals surface area contributed by atoms with Gasteiger partial charge in [0.05, 0.1) is 6.04 Å². The van der Waals surface area contributed by atoms with Gasteiger partial charge >= 0.3 is 0 Å². The summed E-state index contributed by atoms with van der Waals surface area (Å²) in [6.45, 7) is 5.61. The van der Waals surface area contributed by atoms with Crippen molar-refractivity contribution in [2.45, 2.75) is 32.9 Å². The molecule has 1 aromatic heterocycles. The minimum absolute atomic E-state index is 0.0145. The zero-order valence-corrected chi connectivity index (χ0v) is 9.97. The Morgan fingerprint density at radius 1 is 1.31 bits per heavy atom. The highest BCUT2D eigenvalue weighted by molar-refractivity contribution is 5.79. The maximum atomic E-state index is 11.8. The van der Waals surface area contributed by atoms with E-state index in [1.807, 2.05) is 32.9 Å². The molecule has 0 spiro atoms. The third-order valence-corrected chi connectivity index (χ3v) is 2.77. The van der Waals surface area contributed by atoms with Gasteiger partial charge in [0.1, 0.15) is 0 Å². The molecule has 1 aromatic rings. The Morgan fingerprint density at radius 2 is 1.88 bits per heavy atom. The lowest BCUT2D eigenvalue weighted by atomic mass is 10.0. The number of nitrogens with zero attached hydrogens (tertiary/aromatic N) is 1. The Bertz CT molecular complexity index is 337. The van der Waals surface area contributed by atoms with E-state index in [0.29, 0.717) is 0 Å². The van der Waals surface area contributed by atoms with Crippen LogP contribution < -0.4 is 11.1 Å². The summed E-state index contributed by atoms with van der Waals surface area (Å²) in [6, 6.07) is 3.63. The van der Waals surface area contributed by atoms with Gasteiger partial charge < -0.3 is 11.1 Å². The molecule has 1 rings (SSSR count). The van der Waals surface area contributed by atoms with Crippen molar-refractivity contribution in [2.24, 2.45) is 11.7 Å². The van der Waals surface area contributed by atoms with Crippen LogP contribution in [-0.4, -0.2) is 16.9 Å². The average Bonchev–Trinajstić information content (AvgIpc) is 2.28. The molecule has 4 heteroatoms. The van der Waals surface area contributed by atoms with Crippen LogP contribution in [0.2, 0.25) is 0 Å². The fraction of sp³-hybridized carbons (Fsp3) is 0.500. The molecule has 2 unspecified atom stereocenters. The molecule has 0 aliphatic heterocycles. The second-order valence-corrected chi connectivity index (χ2v) is 4.16. The number of hydrogen-bond acceptors (Lipinski definition) is 3. The van der Waals surface area contributed by atoms with Crippen molar-refractivity contribution in [2.75, 3.05) is 0 Å². The summed E-state index contributed by atoms with van der Waals surface area (Å²) in [6.07, 6.45) is 3.43. The van der Waals surface area contributed by atoms with E-state index < -0.39 is 0 Å². The van der Waals surface area contributed by atoms with Crippen LogP contribution >= 0.6 is 0 Å². The van der Waals surface area contributed by atoms with Gasteiger partial charge in [0.25, 0.3) is 0 Å². The Morgan fingerprint density at radius 3 is 2.38 bits per heavy atom. The number of nitrogens with one attached hydrogen (secondary N) is 1. The third kappa shape index (κ3) is 3.31. The molecule has 1 heterocycles. The predicted octanol–water partition coefficient (Wildman–Crippen LogP) is 1.24. The number of carbonyl (C=O) groups excluding carboxylic acids is 1. The van der Waals surface area contributed by atoms with Crippen molar-refractivity contribution in [1.82, 2.24) is 10.3 Å². The van der Waals surface area contributed by atoms with Crippen LogP contribution in [-0.2, 0) is 4.79 Å². The Kier molecular flexibility index (Phi) is 4.43. The maximum absolute atomic E-state index is 11.8. The Balaban J connectivity index is 2.58. The largest absolute Gasteiger partial charge is 0.349 e. The van der Waals surface area contributed by atoms with E-state index in [1.165, 1.54) is 0 Å². The van der Waals surface area contributed by atoms with Crippen LogP contribution in [0.3, 0.4) is 0 Å². The van der Waals surface area contributed by atoms with Crippen LogP contribution in [0.5, 0.6) is 0 Å². The summed E-state index contributed by atoms with van der Waals surface area (Å²) in [5, 5.41) is 2.93. The maximum Gasteiger partial charge on any atom is 0.224 e. The zero-order valence-electron chi connectivity index (χ0n) is 9.97. The normalized spacial score (nSPS) is 16.2. The van der Waals surface area contributed by atoms with Crippen LogP contribution in [0, 0.1) is 5.92 Å². The molecular formula is C12H19N3O. The fourth-order valence-corrected chi connectivity index (χ4v) is 1.32. The third-order valence-electron chi connectivity index (χ3n) is 2.77. The summed E-state index contributed by atoms with van der Waals surface area (Å²) < 4.78 is 0. The van der Waals surface area contributed by atoms with Gasteiger partial charge in [-0.25, -0.2) is 0 Å². The van der Waals surface area contributed by atoms with E-state index in [2.05, 4.69) is 10.3 Å². The first-order valence-corrected chi connectivity index (χ1v) is 5.48. The lowest BCUT2D eigenvalue weighted by molar-refractivity contribution is -0.125. The van der Waals surface area contributed by atoms with Gasteiger partial charge in [-0.15, -0.1) is 0 Å². The smallest absolute Gasteiger partial charge is 0.224 e. The monoisotopic (exact) mass is 221 g/mol. The average molecular weight is 221 g/mol. The standard InChI is InChI=1S/C12H19N3O/c1-8(9(2)13)12(16)15-10(3)11-4-6-14-7-5-11/h4-10H,13H2,1-3H3,(H,15,16)/t8?,9?,10-/m1/s1. The van der Waals surface area contributed by atoms with Crippen molar-refractivity contribution in [1.29, 1.82) is 0 Å². The number of hydrogen-bond donors (Lipinski definition) is 2. The lowest BCUT2D eigenvalue weighted by Crippen LogP contribution is -2.39. The quantitative estimate of drug-likeness (QED) is 0.803. The van der Waals surface area contributed by atoms with Crippen molar-refractivity contribution in [3.05, 3.63) is 30.1 Å². The first-order chi connectivity index (χ1) is 7.52. The first kappa shape index (κ1) is 12.6. The fourth-order valence-electron chi connectivity index (χ4n) is 1.32. The molecule has 4 nitrogen and oxygen atoms in total. The van der Waals surface area contributed by atoms with E-state index in [9.17, 15) is 4.79 Å². The molecule has 0 radical (unpaired) electrons. The molecule has 1 amide bonds. The minimum Gasteiger partial charge on any atom is -0.349 e. The van der Waals surface area contributed by atoms with E-state index in [4.69, 9.17) is 5.73 Å². The van der Waals surface area contributed by atoms with Gasteiger partial charge in [0, 0.05) is 24.4 Å². The zero-order chi connectivity index (χ0) is 12.1. The van der Waals surface area contributed by atoms with Gasteiger partial charge in [-0.3, -0.25) is 9.78 Å². The van der Waals surface area contributed by atoms with Crippen molar-refractivity contribution in [3.63, 3.8) is 0 Å². The van der Waals surface area contributed by atoms with E-state index in [0.717, 1.165) is 5.56 Å². The summed E-state index contributed by atoms with van der Waals surface area (Å²) in [5.74, 6) is -0.191. The highest BCUT2D eigenvalue weighted by Gasteiger charge is 2.18. The van der Waals surface area contributed by atoms with Crippen LogP contribution in [0.25, 0.3) is 0 Å². The SMILES string of the molecule is CC(N)C(C)C(=O)N[C@H](C)c1ccncc1. The Labute approximate surface area is 96.3 Å². The van der Waals surface area contributed by atoms with Crippen LogP contribution in [0.15, 0.2) is 24.5 Å². The molecule has 0 aromatic carbocycles. The van der Waals surface area contributed by atoms with E-state index in [1.54, 1.807) is 12.4 Å².